The first kappa shape index (κ1) is 12.0. The van der Waals surface area contributed by atoms with Crippen LogP contribution in [0.2, 0.25) is 0 Å². The minimum Gasteiger partial charge on any atom is -0.476 e. The van der Waals surface area contributed by atoms with Crippen molar-refractivity contribution in [2.24, 2.45) is 0 Å². The number of carboxylic acids is 1. The molecule has 0 radical (unpaired) electrons. The normalized spacial score (nSPS) is 10.7. The average Bonchev–Trinajstić information content (AvgIpc) is 3.09. The second kappa shape index (κ2) is 4.90. The first-order chi connectivity index (χ1) is 9.25. The minimum absolute atomic E-state index is 0.0299. The Morgan fingerprint density at radius 2 is 2.37 bits per heavy atom. The highest BCUT2D eigenvalue weighted by atomic mass is 32.1. The third kappa shape index (κ3) is 2.27. The molecule has 1 N–H and O–H groups in total. The molecule has 0 aliphatic heterocycles. The number of hydrogen-bond acceptors (Lipinski definition) is 6. The Bertz CT molecular complexity index is 688. The lowest BCUT2D eigenvalue weighted by molar-refractivity contribution is 0.0691. The van der Waals surface area contributed by atoms with Crippen LogP contribution in [0, 0.1) is 0 Å². The van der Waals surface area contributed by atoms with Gasteiger partial charge in [-0.2, -0.15) is 0 Å². The molecule has 0 saturated heterocycles. The highest BCUT2D eigenvalue weighted by Crippen LogP contribution is 2.27. The van der Waals surface area contributed by atoms with Gasteiger partial charge in [-0.1, -0.05) is 11.3 Å². The molecule has 3 rings (SSSR count). The summed E-state index contributed by atoms with van der Waals surface area (Å²) >= 11 is 2.95. The molecule has 0 aromatic carbocycles. The highest BCUT2D eigenvalue weighted by molar-refractivity contribution is 7.13. The fourth-order valence-corrected chi connectivity index (χ4v) is 3.02. The Morgan fingerprint density at radius 3 is 3.00 bits per heavy atom. The van der Waals surface area contributed by atoms with Crippen molar-refractivity contribution < 1.29 is 9.90 Å². The van der Waals surface area contributed by atoms with E-state index in [9.17, 15) is 9.90 Å². The van der Waals surface area contributed by atoms with Gasteiger partial charge in [-0.3, -0.25) is 0 Å². The van der Waals surface area contributed by atoms with Gasteiger partial charge in [0.25, 0.3) is 0 Å². The summed E-state index contributed by atoms with van der Waals surface area (Å²) in [5.41, 5.74) is 3.06. The van der Waals surface area contributed by atoms with Gasteiger partial charge in [-0.15, -0.1) is 27.8 Å². The maximum atomic E-state index is 11.2. The first-order valence-corrected chi connectivity index (χ1v) is 7.15. The molecule has 0 unspecified atom stereocenters. The molecule has 19 heavy (non-hydrogen) atoms. The van der Waals surface area contributed by atoms with Crippen LogP contribution in [0.15, 0.2) is 28.4 Å². The molecule has 0 spiro atoms. The zero-order valence-corrected chi connectivity index (χ0v) is 11.2. The summed E-state index contributed by atoms with van der Waals surface area (Å²) in [5, 5.41) is 20.6. The molecule has 3 heterocycles. The standard InChI is InChI=1S/C11H8N4O2S2/c16-11(17)9-10(8-2-1-3-19-8)15(14-13-9)4-7-5-18-6-12-7/h1-3,5-6H,4H2,(H,16,17). The third-order valence-corrected chi connectivity index (χ3v) is 4.00. The quantitative estimate of drug-likeness (QED) is 0.797. The molecule has 8 heteroatoms. The third-order valence-electron chi connectivity index (χ3n) is 2.49. The van der Waals surface area contributed by atoms with E-state index in [1.807, 2.05) is 22.9 Å². The number of nitrogens with zero attached hydrogens (tertiary/aromatic N) is 4. The maximum Gasteiger partial charge on any atom is 0.358 e. The largest absolute Gasteiger partial charge is 0.476 e. The van der Waals surface area contributed by atoms with Crippen molar-refractivity contribution in [3.8, 4) is 10.6 Å². The van der Waals surface area contributed by atoms with Gasteiger partial charge in [0.2, 0.25) is 0 Å². The molecular formula is C11H8N4O2S2. The second-order valence-corrected chi connectivity index (χ2v) is 5.37. The Kier molecular flexibility index (Phi) is 3.10. The van der Waals surface area contributed by atoms with Crippen molar-refractivity contribution in [2.45, 2.75) is 6.54 Å². The van der Waals surface area contributed by atoms with E-state index in [0.717, 1.165) is 10.6 Å². The maximum absolute atomic E-state index is 11.2. The Morgan fingerprint density at radius 1 is 1.47 bits per heavy atom. The summed E-state index contributed by atoms with van der Waals surface area (Å²) in [7, 11) is 0. The van der Waals surface area contributed by atoms with Gasteiger partial charge in [-0.05, 0) is 11.4 Å². The van der Waals surface area contributed by atoms with E-state index < -0.39 is 5.97 Å². The Balaban J connectivity index is 2.07. The van der Waals surface area contributed by atoms with Crippen molar-refractivity contribution in [2.75, 3.05) is 0 Å². The lowest BCUT2D eigenvalue weighted by Crippen LogP contribution is -2.05. The van der Waals surface area contributed by atoms with E-state index in [4.69, 9.17) is 0 Å². The van der Waals surface area contributed by atoms with Gasteiger partial charge in [0.15, 0.2) is 5.69 Å². The van der Waals surface area contributed by atoms with Crippen molar-refractivity contribution in [3.63, 3.8) is 0 Å². The number of aromatic nitrogens is 4. The summed E-state index contributed by atoms with van der Waals surface area (Å²) < 4.78 is 1.57. The molecule has 0 saturated carbocycles. The average molecular weight is 292 g/mol. The predicted octanol–water partition coefficient (Wildman–Crippen LogP) is 2.21. The van der Waals surface area contributed by atoms with E-state index in [1.165, 1.54) is 22.7 Å². The highest BCUT2D eigenvalue weighted by Gasteiger charge is 2.21. The van der Waals surface area contributed by atoms with Gasteiger partial charge in [0.05, 0.1) is 22.6 Å². The van der Waals surface area contributed by atoms with Gasteiger partial charge in [0, 0.05) is 5.38 Å². The van der Waals surface area contributed by atoms with Crippen molar-refractivity contribution in [1.82, 2.24) is 20.0 Å². The Hall–Kier alpha value is -2.06. The molecule has 0 atom stereocenters. The summed E-state index contributed by atoms with van der Waals surface area (Å²) in [6.45, 7) is 0.414. The van der Waals surface area contributed by atoms with Crippen LogP contribution in [-0.4, -0.2) is 31.1 Å². The topological polar surface area (TPSA) is 80.9 Å². The number of thiazole rings is 1. The zero-order valence-electron chi connectivity index (χ0n) is 9.55. The Labute approximate surface area is 116 Å². The first-order valence-electron chi connectivity index (χ1n) is 5.33. The molecule has 6 nitrogen and oxygen atoms in total. The number of aromatic carboxylic acids is 1. The molecular weight excluding hydrogens is 284 g/mol. The monoisotopic (exact) mass is 292 g/mol. The van der Waals surface area contributed by atoms with Gasteiger partial charge in [-0.25, -0.2) is 14.5 Å². The smallest absolute Gasteiger partial charge is 0.358 e. The lowest BCUT2D eigenvalue weighted by atomic mass is 10.2. The van der Waals surface area contributed by atoms with E-state index in [1.54, 1.807) is 10.2 Å². The van der Waals surface area contributed by atoms with E-state index in [0.29, 0.717) is 12.2 Å². The second-order valence-electron chi connectivity index (χ2n) is 3.71. The van der Waals surface area contributed by atoms with Crippen LogP contribution >= 0.6 is 22.7 Å². The van der Waals surface area contributed by atoms with Crippen LogP contribution in [0.5, 0.6) is 0 Å². The summed E-state index contributed by atoms with van der Waals surface area (Å²) in [5.74, 6) is -1.08. The fourth-order valence-electron chi connectivity index (χ4n) is 1.69. The van der Waals surface area contributed by atoms with Crippen molar-refractivity contribution in [1.29, 1.82) is 0 Å². The van der Waals surface area contributed by atoms with Gasteiger partial charge < -0.3 is 5.11 Å². The SMILES string of the molecule is O=C(O)c1nnn(Cc2cscn2)c1-c1cccs1. The van der Waals surface area contributed by atoms with Crippen LogP contribution in [-0.2, 0) is 6.54 Å². The van der Waals surface area contributed by atoms with Crippen LogP contribution < -0.4 is 0 Å². The number of carboxylic acid groups (broad SMARTS) is 1. The number of rotatable bonds is 4. The molecule has 96 valence electrons. The molecule has 0 bridgehead atoms. The number of hydrogen-bond donors (Lipinski definition) is 1. The summed E-state index contributed by atoms with van der Waals surface area (Å²) in [6, 6.07) is 3.72. The summed E-state index contributed by atoms with van der Waals surface area (Å²) in [6.07, 6.45) is 0. The zero-order chi connectivity index (χ0) is 13.2. The molecule has 3 aromatic heterocycles. The molecule has 3 aromatic rings. The van der Waals surface area contributed by atoms with Gasteiger partial charge in [0.1, 0.15) is 5.69 Å². The predicted molar refractivity (Wildman–Crippen MR) is 71.5 cm³/mol. The lowest BCUT2D eigenvalue weighted by Gasteiger charge is -2.03. The molecule has 0 aliphatic rings. The van der Waals surface area contributed by atoms with Crippen LogP contribution in [0.1, 0.15) is 16.2 Å². The molecule has 0 fully saturated rings. The van der Waals surface area contributed by atoms with E-state index in [-0.39, 0.29) is 5.69 Å². The van der Waals surface area contributed by atoms with Crippen LogP contribution in [0.25, 0.3) is 10.6 Å². The van der Waals surface area contributed by atoms with Crippen molar-refractivity contribution in [3.05, 3.63) is 39.8 Å². The van der Waals surface area contributed by atoms with Crippen LogP contribution in [0.3, 0.4) is 0 Å². The van der Waals surface area contributed by atoms with E-state index >= 15 is 0 Å². The minimum atomic E-state index is -1.08. The van der Waals surface area contributed by atoms with Crippen LogP contribution in [0.4, 0.5) is 0 Å². The van der Waals surface area contributed by atoms with Crippen molar-refractivity contribution >= 4 is 28.6 Å². The summed E-state index contributed by atoms with van der Waals surface area (Å²) in [4.78, 5) is 16.2. The number of thiophene rings is 1. The number of carbonyl (C=O) groups is 1. The van der Waals surface area contributed by atoms with E-state index in [2.05, 4.69) is 15.3 Å². The fraction of sp³-hybridized carbons (Fsp3) is 0.0909. The molecule has 0 amide bonds. The molecule has 0 aliphatic carbocycles. The van der Waals surface area contributed by atoms with Gasteiger partial charge >= 0.3 is 5.97 Å².